The summed E-state index contributed by atoms with van der Waals surface area (Å²) in [6.45, 7) is 1.69. The van der Waals surface area contributed by atoms with Crippen LogP contribution in [0.25, 0.3) is 0 Å². The van der Waals surface area contributed by atoms with Crippen LogP contribution in [-0.4, -0.2) is 29.4 Å². The molecule has 0 spiro atoms. The Hall–Kier alpha value is -1.35. The van der Waals surface area contributed by atoms with Crippen LogP contribution in [0.2, 0.25) is 0 Å². The fraction of sp³-hybridized carbons (Fsp3) is 0.533. The van der Waals surface area contributed by atoms with Crippen LogP contribution in [0.5, 0.6) is 0 Å². The fourth-order valence-corrected chi connectivity index (χ4v) is 3.03. The topological polar surface area (TPSA) is 46.3 Å². The molecule has 1 heterocycles. The Kier molecular flexibility index (Phi) is 2.86. The maximum atomic E-state index is 12.3. The quantitative estimate of drug-likeness (QED) is 0.863. The molecule has 1 atom stereocenters. The zero-order valence-corrected chi connectivity index (χ0v) is 10.6. The van der Waals surface area contributed by atoms with Crippen molar-refractivity contribution < 1.29 is 4.79 Å². The van der Waals surface area contributed by atoms with Gasteiger partial charge < -0.3 is 10.6 Å². The third-order valence-corrected chi connectivity index (χ3v) is 4.42. The fourth-order valence-electron chi connectivity index (χ4n) is 3.03. The van der Waals surface area contributed by atoms with Crippen LogP contribution < -0.4 is 5.73 Å². The van der Waals surface area contributed by atoms with Crippen LogP contribution in [0.15, 0.2) is 30.3 Å². The van der Waals surface area contributed by atoms with E-state index >= 15 is 0 Å². The first-order valence-electron chi connectivity index (χ1n) is 6.82. The Labute approximate surface area is 108 Å². The van der Waals surface area contributed by atoms with Gasteiger partial charge in [-0.15, -0.1) is 0 Å². The van der Waals surface area contributed by atoms with Gasteiger partial charge in [-0.3, -0.25) is 4.79 Å². The summed E-state index contributed by atoms with van der Waals surface area (Å²) < 4.78 is 0. The molecule has 1 saturated carbocycles. The highest BCUT2D eigenvalue weighted by atomic mass is 16.2. The van der Waals surface area contributed by atoms with Crippen molar-refractivity contribution in [3.63, 3.8) is 0 Å². The number of nitrogens with two attached hydrogens (primary N) is 1. The molecule has 0 aromatic heterocycles. The average molecular weight is 244 g/mol. The number of carbonyl (C=O) groups excluding carboxylic acids is 1. The summed E-state index contributed by atoms with van der Waals surface area (Å²) >= 11 is 0. The van der Waals surface area contributed by atoms with E-state index in [1.54, 1.807) is 0 Å². The molecule has 0 radical (unpaired) electrons. The molecule has 1 amide bonds. The van der Waals surface area contributed by atoms with E-state index in [9.17, 15) is 4.79 Å². The van der Waals surface area contributed by atoms with Gasteiger partial charge in [-0.2, -0.15) is 0 Å². The van der Waals surface area contributed by atoms with Crippen molar-refractivity contribution >= 4 is 5.91 Å². The maximum absolute atomic E-state index is 12.3. The van der Waals surface area contributed by atoms with Gasteiger partial charge in [-0.25, -0.2) is 0 Å². The lowest BCUT2D eigenvalue weighted by Gasteiger charge is -2.39. The van der Waals surface area contributed by atoms with Gasteiger partial charge in [0, 0.05) is 19.0 Å². The van der Waals surface area contributed by atoms with Gasteiger partial charge in [-0.05, 0) is 31.2 Å². The molecule has 2 aliphatic rings. The van der Waals surface area contributed by atoms with Crippen molar-refractivity contribution in [1.29, 1.82) is 0 Å². The highest BCUT2D eigenvalue weighted by Crippen LogP contribution is 2.34. The Bertz CT molecular complexity index is 439. The molecule has 2 fully saturated rings. The summed E-state index contributed by atoms with van der Waals surface area (Å²) in [6.07, 6.45) is 3.88. The van der Waals surface area contributed by atoms with Crippen LogP contribution in [0.1, 0.15) is 37.2 Å². The lowest BCUT2D eigenvalue weighted by Crippen LogP contribution is -2.59. The van der Waals surface area contributed by atoms with Gasteiger partial charge in [0.05, 0.1) is 5.54 Å². The van der Waals surface area contributed by atoms with Gasteiger partial charge in [0.2, 0.25) is 5.91 Å². The third kappa shape index (κ3) is 1.93. The zero-order chi connectivity index (χ0) is 12.6. The molecule has 1 aromatic rings. The predicted octanol–water partition coefficient (Wildman–Crippen LogP) is 1.88. The number of carbonyl (C=O) groups is 1. The first kappa shape index (κ1) is 11.7. The molecule has 1 aromatic carbocycles. The number of benzene rings is 1. The number of hydrogen-bond acceptors (Lipinski definition) is 2. The van der Waals surface area contributed by atoms with Crippen molar-refractivity contribution in [1.82, 2.24) is 4.90 Å². The molecule has 3 heteroatoms. The second-order valence-corrected chi connectivity index (χ2v) is 5.66. The van der Waals surface area contributed by atoms with E-state index in [0.717, 1.165) is 38.8 Å². The van der Waals surface area contributed by atoms with E-state index in [-0.39, 0.29) is 5.91 Å². The van der Waals surface area contributed by atoms with Crippen molar-refractivity contribution in [3.8, 4) is 0 Å². The Morgan fingerprint density at radius 2 is 2.00 bits per heavy atom. The monoisotopic (exact) mass is 244 g/mol. The number of hydrogen-bond donors (Lipinski definition) is 1. The zero-order valence-electron chi connectivity index (χ0n) is 10.6. The van der Waals surface area contributed by atoms with Gasteiger partial charge in [0.1, 0.15) is 0 Å². The molecular formula is C15H20N2O. The van der Waals surface area contributed by atoms with Gasteiger partial charge in [-0.1, -0.05) is 30.3 Å². The molecule has 1 saturated heterocycles. The molecule has 1 aliphatic heterocycles. The summed E-state index contributed by atoms with van der Waals surface area (Å²) in [4.78, 5) is 14.3. The van der Waals surface area contributed by atoms with Crippen molar-refractivity contribution in [2.45, 2.75) is 37.1 Å². The Morgan fingerprint density at radius 1 is 1.28 bits per heavy atom. The second-order valence-electron chi connectivity index (χ2n) is 5.66. The van der Waals surface area contributed by atoms with Crippen LogP contribution in [0.3, 0.4) is 0 Å². The molecule has 1 aliphatic carbocycles. The highest BCUT2D eigenvalue weighted by molar-refractivity contribution is 5.87. The van der Waals surface area contributed by atoms with Crippen LogP contribution in [0.4, 0.5) is 0 Å². The van der Waals surface area contributed by atoms with Crippen molar-refractivity contribution in [2.75, 3.05) is 13.1 Å². The third-order valence-electron chi connectivity index (χ3n) is 4.42. The standard InChI is InChI=1S/C15H20N2O/c16-15(8-4-9-15)14(18)17-10-7-13(11-17)12-5-2-1-3-6-12/h1-3,5-6,13H,4,7-11,16H2. The molecule has 2 N–H and O–H groups in total. The summed E-state index contributed by atoms with van der Waals surface area (Å²) in [6, 6.07) is 10.5. The summed E-state index contributed by atoms with van der Waals surface area (Å²) in [5, 5.41) is 0. The van der Waals surface area contributed by atoms with E-state index in [2.05, 4.69) is 24.3 Å². The minimum Gasteiger partial charge on any atom is -0.340 e. The number of likely N-dealkylation sites (tertiary alicyclic amines) is 1. The van der Waals surface area contributed by atoms with Crippen LogP contribution in [-0.2, 0) is 4.79 Å². The van der Waals surface area contributed by atoms with Gasteiger partial charge in [0.15, 0.2) is 0 Å². The molecule has 96 valence electrons. The lowest BCUT2D eigenvalue weighted by atomic mass is 9.76. The summed E-state index contributed by atoms with van der Waals surface area (Å²) in [7, 11) is 0. The van der Waals surface area contributed by atoms with E-state index in [4.69, 9.17) is 5.73 Å². The molecule has 3 nitrogen and oxygen atoms in total. The minimum absolute atomic E-state index is 0.173. The lowest BCUT2D eigenvalue weighted by molar-refractivity contribution is -0.139. The first-order valence-corrected chi connectivity index (χ1v) is 6.82. The van der Waals surface area contributed by atoms with E-state index in [1.807, 2.05) is 11.0 Å². The molecule has 1 unspecified atom stereocenters. The maximum Gasteiger partial charge on any atom is 0.242 e. The van der Waals surface area contributed by atoms with Gasteiger partial charge in [0.25, 0.3) is 0 Å². The summed E-state index contributed by atoms with van der Waals surface area (Å²) in [5.74, 6) is 0.658. The average Bonchev–Trinajstić information content (AvgIpc) is 2.85. The minimum atomic E-state index is -0.536. The Balaban J connectivity index is 1.67. The Morgan fingerprint density at radius 3 is 2.61 bits per heavy atom. The van der Waals surface area contributed by atoms with Crippen LogP contribution in [0, 0.1) is 0 Å². The second kappa shape index (κ2) is 4.39. The van der Waals surface area contributed by atoms with Crippen molar-refractivity contribution in [2.24, 2.45) is 5.73 Å². The SMILES string of the molecule is NC1(C(=O)N2CCC(c3ccccc3)C2)CCC1. The van der Waals surface area contributed by atoms with Crippen molar-refractivity contribution in [3.05, 3.63) is 35.9 Å². The van der Waals surface area contributed by atoms with Gasteiger partial charge >= 0.3 is 0 Å². The molecular weight excluding hydrogens is 224 g/mol. The molecule has 3 rings (SSSR count). The number of rotatable bonds is 2. The first-order chi connectivity index (χ1) is 8.69. The highest BCUT2D eigenvalue weighted by Gasteiger charge is 2.44. The number of amides is 1. The van der Waals surface area contributed by atoms with E-state index in [1.165, 1.54) is 5.56 Å². The number of nitrogens with zero attached hydrogens (tertiary/aromatic N) is 1. The predicted molar refractivity (Wildman–Crippen MR) is 71.1 cm³/mol. The molecule has 18 heavy (non-hydrogen) atoms. The van der Waals surface area contributed by atoms with Crippen LogP contribution >= 0.6 is 0 Å². The van der Waals surface area contributed by atoms with E-state index < -0.39 is 5.54 Å². The smallest absolute Gasteiger partial charge is 0.242 e. The largest absolute Gasteiger partial charge is 0.340 e. The normalized spacial score (nSPS) is 25.8. The summed E-state index contributed by atoms with van der Waals surface area (Å²) in [5.41, 5.74) is 6.92. The molecule has 0 bridgehead atoms. The van der Waals surface area contributed by atoms with E-state index in [0.29, 0.717) is 5.92 Å².